The highest BCUT2D eigenvalue weighted by atomic mass is 79.9. The Morgan fingerprint density at radius 3 is 1.48 bits per heavy atom. The summed E-state index contributed by atoms with van der Waals surface area (Å²) in [4.78, 5) is 38.6. The lowest BCUT2D eigenvalue weighted by Crippen LogP contribution is -2.56. The fourth-order valence-electron chi connectivity index (χ4n) is 5.02. The average molecular weight is 491 g/mol. The van der Waals surface area contributed by atoms with Gasteiger partial charge in [-0.3, -0.25) is 19.3 Å². The highest BCUT2D eigenvalue weighted by Gasteiger charge is 2.72. The first kappa shape index (κ1) is 17.1. The standard InChI is InChI=1S/C20H13Br2NO4/c21-19-10-5-1-2-6-11(10)20(22,13-8-4-3-7-12(13)19)16-15(19)17(26)23(18(16)27)9-14(24)25/h1-8,15-16H,9H2,(H,24,25)/t15-,16+,19?,20?. The van der Waals surface area contributed by atoms with E-state index in [-0.39, 0.29) is 0 Å². The van der Waals surface area contributed by atoms with Gasteiger partial charge in [0.05, 0.1) is 20.5 Å². The van der Waals surface area contributed by atoms with Crippen molar-refractivity contribution in [2.24, 2.45) is 11.8 Å². The summed E-state index contributed by atoms with van der Waals surface area (Å²) in [6.45, 7) is -0.622. The van der Waals surface area contributed by atoms with E-state index >= 15 is 0 Å². The normalized spacial score (nSPS) is 32.9. The summed E-state index contributed by atoms with van der Waals surface area (Å²) in [5, 5.41) is 9.20. The molecule has 4 aliphatic rings. The second-order valence-corrected chi connectivity index (χ2v) is 9.63. The molecule has 2 amide bonds. The van der Waals surface area contributed by atoms with Crippen molar-refractivity contribution in [1.82, 2.24) is 4.90 Å². The van der Waals surface area contributed by atoms with Crippen LogP contribution in [0.5, 0.6) is 0 Å². The predicted octanol–water partition coefficient (Wildman–Crippen LogP) is 2.98. The maximum absolute atomic E-state index is 13.2. The molecule has 1 aliphatic heterocycles. The number of hydrogen-bond acceptors (Lipinski definition) is 3. The van der Waals surface area contributed by atoms with E-state index in [1.807, 2.05) is 48.5 Å². The molecule has 1 N–H and O–H groups in total. The van der Waals surface area contributed by atoms with E-state index in [1.54, 1.807) is 0 Å². The number of benzene rings is 2. The number of hydrogen-bond donors (Lipinski definition) is 1. The van der Waals surface area contributed by atoms with E-state index in [0.717, 1.165) is 27.2 Å². The van der Waals surface area contributed by atoms with Gasteiger partial charge in [0.15, 0.2) is 0 Å². The highest BCUT2D eigenvalue weighted by Crippen LogP contribution is 2.70. The summed E-state index contributed by atoms with van der Waals surface area (Å²) in [6, 6.07) is 15.5. The molecule has 0 spiro atoms. The molecular formula is C20H13Br2NO4. The van der Waals surface area contributed by atoms with Gasteiger partial charge in [0.25, 0.3) is 0 Å². The molecule has 1 heterocycles. The largest absolute Gasteiger partial charge is 0.480 e. The molecule has 2 aromatic carbocycles. The molecule has 0 saturated carbocycles. The number of imide groups is 1. The maximum atomic E-state index is 13.2. The van der Waals surface area contributed by atoms with Gasteiger partial charge in [0, 0.05) is 0 Å². The lowest BCUT2D eigenvalue weighted by molar-refractivity contribution is -0.149. The van der Waals surface area contributed by atoms with Crippen LogP contribution in [0.3, 0.4) is 0 Å². The molecule has 3 aliphatic carbocycles. The number of carbonyl (C=O) groups excluding carboxylic acids is 2. The van der Waals surface area contributed by atoms with Gasteiger partial charge >= 0.3 is 5.97 Å². The number of halogens is 2. The first-order valence-corrected chi connectivity index (χ1v) is 10.1. The minimum atomic E-state index is -1.20. The SMILES string of the molecule is O=C(O)CN1C(=O)[C@@H]2[C@H](C1=O)C1(Br)c3ccccc3C2(Br)c2ccccc21. The minimum Gasteiger partial charge on any atom is -0.480 e. The Kier molecular flexibility index (Phi) is 3.36. The van der Waals surface area contributed by atoms with E-state index in [2.05, 4.69) is 31.9 Å². The van der Waals surface area contributed by atoms with Crippen molar-refractivity contribution in [1.29, 1.82) is 0 Å². The third-order valence-electron chi connectivity index (χ3n) is 5.97. The smallest absolute Gasteiger partial charge is 0.323 e. The van der Waals surface area contributed by atoms with Crippen LogP contribution in [0.2, 0.25) is 0 Å². The lowest BCUT2D eigenvalue weighted by atomic mass is 9.54. The van der Waals surface area contributed by atoms with Crippen LogP contribution in [-0.2, 0) is 23.0 Å². The van der Waals surface area contributed by atoms with Gasteiger partial charge in [-0.1, -0.05) is 80.4 Å². The second kappa shape index (κ2) is 5.29. The fraction of sp³-hybridized carbons (Fsp3) is 0.250. The van der Waals surface area contributed by atoms with Crippen molar-refractivity contribution in [3.63, 3.8) is 0 Å². The molecular weight excluding hydrogens is 478 g/mol. The van der Waals surface area contributed by atoms with E-state index in [9.17, 15) is 19.5 Å². The Morgan fingerprint density at radius 1 is 0.852 bits per heavy atom. The number of nitrogens with zero attached hydrogens (tertiary/aromatic N) is 1. The number of aliphatic carboxylic acids is 1. The number of carboxylic acids is 1. The van der Waals surface area contributed by atoms with Crippen LogP contribution >= 0.6 is 31.9 Å². The molecule has 5 nitrogen and oxygen atoms in total. The van der Waals surface area contributed by atoms with Crippen molar-refractivity contribution in [2.75, 3.05) is 6.54 Å². The molecule has 1 saturated heterocycles. The zero-order valence-corrected chi connectivity index (χ0v) is 17.0. The minimum absolute atomic E-state index is 0.447. The molecule has 136 valence electrons. The first-order valence-electron chi connectivity index (χ1n) is 8.47. The van der Waals surface area contributed by atoms with Crippen LogP contribution in [0.4, 0.5) is 0 Å². The summed E-state index contributed by atoms with van der Waals surface area (Å²) in [6.07, 6.45) is 0. The quantitative estimate of drug-likeness (QED) is 0.518. The number of alkyl halides is 2. The van der Waals surface area contributed by atoms with E-state index in [0.29, 0.717) is 0 Å². The van der Waals surface area contributed by atoms with Crippen LogP contribution in [0.25, 0.3) is 0 Å². The van der Waals surface area contributed by atoms with Crippen LogP contribution in [0.15, 0.2) is 48.5 Å². The average Bonchev–Trinajstić information content (AvgIpc) is 2.91. The molecule has 27 heavy (non-hydrogen) atoms. The van der Waals surface area contributed by atoms with Gasteiger partial charge in [-0.25, -0.2) is 0 Å². The molecule has 2 aromatic rings. The van der Waals surface area contributed by atoms with Crippen molar-refractivity contribution >= 4 is 49.6 Å². The fourth-order valence-corrected chi connectivity index (χ4v) is 7.32. The zero-order chi connectivity index (χ0) is 19.1. The van der Waals surface area contributed by atoms with Crippen molar-refractivity contribution in [3.05, 3.63) is 70.8 Å². The topological polar surface area (TPSA) is 74.7 Å². The van der Waals surface area contributed by atoms with E-state index in [4.69, 9.17) is 0 Å². The molecule has 6 rings (SSSR count). The number of amides is 2. The van der Waals surface area contributed by atoms with E-state index in [1.165, 1.54) is 0 Å². The van der Waals surface area contributed by atoms with Crippen LogP contribution in [0, 0.1) is 11.8 Å². The Morgan fingerprint density at radius 2 is 1.19 bits per heavy atom. The number of rotatable bonds is 2. The molecule has 1 fully saturated rings. The van der Waals surface area contributed by atoms with Gasteiger partial charge in [-0.15, -0.1) is 0 Å². The lowest BCUT2D eigenvalue weighted by Gasteiger charge is -2.55. The summed E-state index contributed by atoms with van der Waals surface area (Å²) in [5.41, 5.74) is 3.72. The Hall–Kier alpha value is -1.99. The van der Waals surface area contributed by atoms with Gasteiger partial charge in [0.1, 0.15) is 6.54 Å². The van der Waals surface area contributed by atoms with Gasteiger partial charge in [-0.2, -0.15) is 0 Å². The molecule has 7 heteroatoms. The molecule has 2 bridgehead atoms. The van der Waals surface area contributed by atoms with Crippen LogP contribution in [0.1, 0.15) is 22.3 Å². The van der Waals surface area contributed by atoms with Gasteiger partial charge in [0.2, 0.25) is 11.8 Å². The van der Waals surface area contributed by atoms with Gasteiger partial charge < -0.3 is 5.11 Å². The number of likely N-dealkylation sites (tertiary alicyclic amines) is 1. The highest BCUT2D eigenvalue weighted by molar-refractivity contribution is 9.10. The molecule has 0 unspecified atom stereocenters. The summed E-state index contributed by atoms with van der Waals surface area (Å²) < 4.78 is -1.75. The monoisotopic (exact) mass is 489 g/mol. The third kappa shape index (κ3) is 1.82. The Balaban J connectivity index is 1.86. The van der Waals surface area contributed by atoms with Crippen LogP contribution in [-0.4, -0.2) is 34.3 Å². The summed E-state index contributed by atoms with van der Waals surface area (Å²) in [7, 11) is 0. The number of carboxylic acid groups (broad SMARTS) is 1. The molecule has 0 aromatic heterocycles. The van der Waals surface area contributed by atoms with Crippen molar-refractivity contribution in [3.8, 4) is 0 Å². The third-order valence-corrected chi connectivity index (χ3v) is 8.67. The molecule has 2 atom stereocenters. The summed E-state index contributed by atoms with van der Waals surface area (Å²) >= 11 is 7.71. The predicted molar refractivity (Wildman–Crippen MR) is 104 cm³/mol. The van der Waals surface area contributed by atoms with E-state index < -0.39 is 44.8 Å². The summed E-state index contributed by atoms with van der Waals surface area (Å²) in [5.74, 6) is -3.53. The van der Waals surface area contributed by atoms with Gasteiger partial charge in [-0.05, 0) is 22.3 Å². The van der Waals surface area contributed by atoms with Crippen LogP contribution < -0.4 is 0 Å². The Bertz CT molecular complexity index is 928. The van der Waals surface area contributed by atoms with Crippen molar-refractivity contribution < 1.29 is 19.5 Å². The van der Waals surface area contributed by atoms with Crippen molar-refractivity contribution in [2.45, 2.75) is 8.65 Å². The maximum Gasteiger partial charge on any atom is 0.323 e. The zero-order valence-electron chi connectivity index (χ0n) is 13.9. The second-order valence-electron chi connectivity index (χ2n) is 7.13. The number of carbonyl (C=O) groups is 3. The Labute approximate surface area is 171 Å². The first-order chi connectivity index (χ1) is 12.8. The molecule has 0 radical (unpaired) electrons.